The number of nitrogens with one attached hydrogen (secondary N) is 2. The predicted molar refractivity (Wildman–Crippen MR) is 64.5 cm³/mol. The molecule has 6 heteroatoms. The Morgan fingerprint density at radius 3 is 2.47 bits per heavy atom. The molecule has 1 saturated carbocycles. The number of aliphatic hydroxyl groups excluding tert-OH is 1. The standard InChI is InChI=1S/C11H16N2O3S/c14-8-11(9-4-2-1-3-5-9)13-17(15,16)12-10-6-7-10/h1-5,10-14H,6-8H2/t11-/m0/s1. The average molecular weight is 256 g/mol. The molecule has 1 aromatic carbocycles. The van der Waals surface area contributed by atoms with Crippen LogP contribution in [0.25, 0.3) is 0 Å². The quantitative estimate of drug-likeness (QED) is 0.685. The number of rotatable bonds is 6. The number of benzene rings is 1. The van der Waals surface area contributed by atoms with E-state index in [0.717, 1.165) is 18.4 Å². The minimum atomic E-state index is -3.54. The van der Waals surface area contributed by atoms with Crippen LogP contribution in [0.3, 0.4) is 0 Å². The first-order valence-electron chi connectivity index (χ1n) is 5.56. The van der Waals surface area contributed by atoms with Gasteiger partial charge in [-0.15, -0.1) is 0 Å². The number of hydrogen-bond acceptors (Lipinski definition) is 3. The Morgan fingerprint density at radius 2 is 1.94 bits per heavy atom. The summed E-state index contributed by atoms with van der Waals surface area (Å²) in [5.41, 5.74) is 0.746. The summed E-state index contributed by atoms with van der Waals surface area (Å²) in [7, 11) is -3.54. The van der Waals surface area contributed by atoms with Gasteiger partial charge in [0.15, 0.2) is 0 Å². The first-order chi connectivity index (χ1) is 8.11. The van der Waals surface area contributed by atoms with Gasteiger partial charge in [0.25, 0.3) is 10.2 Å². The second-order valence-corrected chi connectivity index (χ2v) is 5.64. The van der Waals surface area contributed by atoms with E-state index in [1.54, 1.807) is 24.3 Å². The van der Waals surface area contributed by atoms with Crippen molar-refractivity contribution in [3.8, 4) is 0 Å². The van der Waals surface area contributed by atoms with Gasteiger partial charge in [-0.05, 0) is 18.4 Å². The molecule has 0 unspecified atom stereocenters. The van der Waals surface area contributed by atoms with Crippen molar-refractivity contribution in [3.63, 3.8) is 0 Å². The van der Waals surface area contributed by atoms with Crippen molar-refractivity contribution in [2.75, 3.05) is 6.61 Å². The van der Waals surface area contributed by atoms with E-state index >= 15 is 0 Å². The van der Waals surface area contributed by atoms with Gasteiger partial charge in [0, 0.05) is 6.04 Å². The molecule has 1 aliphatic carbocycles. The van der Waals surface area contributed by atoms with E-state index in [2.05, 4.69) is 9.44 Å². The summed E-state index contributed by atoms with van der Waals surface area (Å²) in [6, 6.07) is 8.46. The smallest absolute Gasteiger partial charge is 0.277 e. The highest BCUT2D eigenvalue weighted by atomic mass is 32.2. The number of hydrogen-bond donors (Lipinski definition) is 3. The largest absolute Gasteiger partial charge is 0.394 e. The highest BCUT2D eigenvalue weighted by Gasteiger charge is 2.28. The highest BCUT2D eigenvalue weighted by molar-refractivity contribution is 7.87. The average Bonchev–Trinajstić information content (AvgIpc) is 3.10. The molecule has 0 bridgehead atoms. The van der Waals surface area contributed by atoms with Gasteiger partial charge in [0.05, 0.1) is 12.6 Å². The molecule has 0 aliphatic heterocycles. The molecule has 1 aromatic rings. The number of aliphatic hydroxyl groups is 1. The van der Waals surface area contributed by atoms with E-state index in [0.29, 0.717) is 0 Å². The maximum Gasteiger partial charge on any atom is 0.277 e. The van der Waals surface area contributed by atoms with Crippen molar-refractivity contribution < 1.29 is 13.5 Å². The van der Waals surface area contributed by atoms with Crippen LogP contribution >= 0.6 is 0 Å². The van der Waals surface area contributed by atoms with E-state index in [1.165, 1.54) is 0 Å². The van der Waals surface area contributed by atoms with Crippen LogP contribution in [-0.4, -0.2) is 26.2 Å². The Balaban J connectivity index is 2.04. The third-order valence-corrected chi connectivity index (χ3v) is 3.82. The topological polar surface area (TPSA) is 78.4 Å². The van der Waals surface area contributed by atoms with E-state index in [9.17, 15) is 13.5 Å². The van der Waals surface area contributed by atoms with Gasteiger partial charge in [-0.2, -0.15) is 17.9 Å². The van der Waals surface area contributed by atoms with Crippen LogP contribution in [0.15, 0.2) is 30.3 Å². The molecule has 1 atom stereocenters. The highest BCUT2D eigenvalue weighted by Crippen LogP contribution is 2.20. The van der Waals surface area contributed by atoms with Crippen LogP contribution in [-0.2, 0) is 10.2 Å². The molecule has 0 spiro atoms. The molecular weight excluding hydrogens is 240 g/mol. The van der Waals surface area contributed by atoms with Crippen LogP contribution in [0.4, 0.5) is 0 Å². The maximum atomic E-state index is 11.7. The zero-order valence-corrected chi connectivity index (χ0v) is 10.2. The van der Waals surface area contributed by atoms with Crippen LogP contribution in [0.2, 0.25) is 0 Å². The third-order valence-electron chi connectivity index (χ3n) is 2.58. The Kier molecular flexibility index (Phi) is 3.78. The summed E-state index contributed by atoms with van der Waals surface area (Å²) < 4.78 is 28.3. The van der Waals surface area contributed by atoms with E-state index in [1.807, 2.05) is 6.07 Å². The van der Waals surface area contributed by atoms with Gasteiger partial charge in [-0.1, -0.05) is 30.3 Å². The second-order valence-electron chi connectivity index (χ2n) is 4.16. The summed E-state index contributed by atoms with van der Waals surface area (Å²) in [4.78, 5) is 0. The van der Waals surface area contributed by atoms with Crippen molar-refractivity contribution in [1.82, 2.24) is 9.44 Å². The second kappa shape index (κ2) is 5.14. The van der Waals surface area contributed by atoms with Gasteiger partial charge in [0.2, 0.25) is 0 Å². The monoisotopic (exact) mass is 256 g/mol. The lowest BCUT2D eigenvalue weighted by Gasteiger charge is -2.17. The zero-order chi connectivity index (χ0) is 12.3. The zero-order valence-electron chi connectivity index (χ0n) is 9.33. The summed E-state index contributed by atoms with van der Waals surface area (Å²) in [5.74, 6) is 0. The molecule has 17 heavy (non-hydrogen) atoms. The normalized spacial score (nSPS) is 17.9. The summed E-state index contributed by atoms with van der Waals surface area (Å²) in [6.07, 6.45) is 1.77. The lowest BCUT2D eigenvalue weighted by molar-refractivity contribution is 0.258. The fourth-order valence-electron chi connectivity index (χ4n) is 1.54. The van der Waals surface area contributed by atoms with Crippen molar-refractivity contribution in [3.05, 3.63) is 35.9 Å². The van der Waals surface area contributed by atoms with Crippen molar-refractivity contribution >= 4 is 10.2 Å². The molecule has 1 fully saturated rings. The third kappa shape index (κ3) is 3.78. The van der Waals surface area contributed by atoms with Crippen molar-refractivity contribution in [1.29, 1.82) is 0 Å². The SMILES string of the molecule is O=S(=O)(NC1CC1)N[C@@H](CO)c1ccccc1. The van der Waals surface area contributed by atoms with Crippen LogP contribution in [0.1, 0.15) is 24.4 Å². The minimum absolute atomic E-state index is 0.0580. The maximum absolute atomic E-state index is 11.7. The Labute approximate surface area is 101 Å². The lowest BCUT2D eigenvalue weighted by atomic mass is 10.1. The Hall–Kier alpha value is -0.950. The molecule has 3 N–H and O–H groups in total. The van der Waals surface area contributed by atoms with Gasteiger partial charge >= 0.3 is 0 Å². The Morgan fingerprint density at radius 1 is 1.29 bits per heavy atom. The van der Waals surface area contributed by atoms with Gasteiger partial charge in [0.1, 0.15) is 0 Å². The molecule has 0 radical (unpaired) electrons. The minimum Gasteiger partial charge on any atom is -0.394 e. The fraction of sp³-hybridized carbons (Fsp3) is 0.455. The van der Waals surface area contributed by atoms with Gasteiger partial charge < -0.3 is 5.11 Å². The van der Waals surface area contributed by atoms with Crippen LogP contribution in [0, 0.1) is 0 Å². The fourth-order valence-corrected chi connectivity index (χ4v) is 2.87. The molecule has 0 amide bonds. The molecular formula is C11H16N2O3S. The van der Waals surface area contributed by atoms with E-state index in [-0.39, 0.29) is 12.6 Å². The predicted octanol–water partition coefficient (Wildman–Crippen LogP) is 0.306. The van der Waals surface area contributed by atoms with E-state index < -0.39 is 16.3 Å². The molecule has 5 nitrogen and oxygen atoms in total. The summed E-state index contributed by atoms with van der Waals surface area (Å²) in [5, 5.41) is 9.24. The first kappa shape index (κ1) is 12.5. The molecule has 1 aliphatic rings. The summed E-state index contributed by atoms with van der Waals surface area (Å²) in [6.45, 7) is -0.268. The Bertz CT molecular complexity index is 457. The van der Waals surface area contributed by atoms with Crippen LogP contribution < -0.4 is 9.44 Å². The van der Waals surface area contributed by atoms with Crippen molar-refractivity contribution in [2.24, 2.45) is 0 Å². The molecule has 0 saturated heterocycles. The van der Waals surface area contributed by atoms with Crippen LogP contribution in [0.5, 0.6) is 0 Å². The van der Waals surface area contributed by atoms with Gasteiger partial charge in [-0.25, -0.2) is 0 Å². The molecule has 0 aromatic heterocycles. The first-order valence-corrected chi connectivity index (χ1v) is 7.04. The van der Waals surface area contributed by atoms with Gasteiger partial charge in [-0.3, -0.25) is 0 Å². The van der Waals surface area contributed by atoms with Crippen molar-refractivity contribution in [2.45, 2.75) is 24.9 Å². The lowest BCUT2D eigenvalue weighted by Crippen LogP contribution is -2.40. The molecule has 2 rings (SSSR count). The summed E-state index contributed by atoms with van der Waals surface area (Å²) >= 11 is 0. The molecule has 94 valence electrons. The van der Waals surface area contributed by atoms with E-state index in [4.69, 9.17) is 0 Å². The molecule has 0 heterocycles.